The molecule has 3 rings (SSSR count). The number of nitrogens with one attached hydrogen (secondary N) is 1. The highest BCUT2D eigenvalue weighted by atomic mass is 35.5. The summed E-state index contributed by atoms with van der Waals surface area (Å²) in [4.78, 5) is 28.6. The van der Waals surface area contributed by atoms with Gasteiger partial charge in [0.2, 0.25) is 0 Å². The Morgan fingerprint density at radius 1 is 1.21 bits per heavy atom. The Morgan fingerprint density at radius 2 is 2.03 bits per heavy atom. The lowest BCUT2D eigenvalue weighted by Crippen LogP contribution is -2.41. The molecule has 0 bridgehead atoms. The summed E-state index contributed by atoms with van der Waals surface area (Å²) in [6.45, 7) is 0.199. The number of halogens is 2. The van der Waals surface area contributed by atoms with Crippen molar-refractivity contribution in [2.45, 2.75) is 19.1 Å². The van der Waals surface area contributed by atoms with Crippen molar-refractivity contribution in [1.82, 2.24) is 10.3 Å². The van der Waals surface area contributed by atoms with Gasteiger partial charge in [0.1, 0.15) is 24.2 Å². The Hall–Kier alpha value is -3.10. The third-order valence-electron chi connectivity index (χ3n) is 4.80. The number of pyridine rings is 1. The number of hydrogen-bond acceptors (Lipinski definition) is 5. The first-order valence-corrected chi connectivity index (χ1v) is 11.8. The highest BCUT2D eigenvalue weighted by molar-refractivity contribution is 7.98. The Bertz CT molecular complexity index is 1130. The Morgan fingerprint density at radius 3 is 2.70 bits per heavy atom. The van der Waals surface area contributed by atoms with E-state index in [0.717, 1.165) is 11.6 Å². The van der Waals surface area contributed by atoms with Crippen LogP contribution in [0.1, 0.15) is 22.3 Å². The Labute approximate surface area is 200 Å². The van der Waals surface area contributed by atoms with Gasteiger partial charge in [0.05, 0.1) is 11.2 Å². The maximum Gasteiger partial charge on any atom is 0.326 e. The van der Waals surface area contributed by atoms with Crippen molar-refractivity contribution >= 4 is 35.2 Å². The molecule has 1 amide bonds. The Balaban J connectivity index is 1.94. The van der Waals surface area contributed by atoms with Crippen LogP contribution >= 0.6 is 23.4 Å². The third-order valence-corrected chi connectivity index (χ3v) is 5.76. The molecule has 172 valence electrons. The second kappa shape index (κ2) is 11.7. The number of hydrogen-bond donors (Lipinski definition) is 2. The molecule has 3 aromatic rings. The highest BCUT2D eigenvalue weighted by Gasteiger charge is 2.23. The number of carboxylic acids is 1. The summed E-state index contributed by atoms with van der Waals surface area (Å²) in [5.41, 5.74) is 1.85. The predicted octanol–water partition coefficient (Wildman–Crippen LogP) is 5.06. The highest BCUT2D eigenvalue weighted by Crippen LogP contribution is 2.32. The van der Waals surface area contributed by atoms with Crippen LogP contribution in [0.2, 0.25) is 5.02 Å². The van der Waals surface area contributed by atoms with E-state index in [9.17, 15) is 19.1 Å². The van der Waals surface area contributed by atoms with Gasteiger partial charge in [-0.1, -0.05) is 17.7 Å². The number of carbonyl (C=O) groups excluding carboxylic acids is 1. The van der Waals surface area contributed by atoms with Crippen LogP contribution in [0.5, 0.6) is 5.75 Å². The molecule has 6 nitrogen and oxygen atoms in total. The SMILES string of the molecule is CSCC[C@H](NC(=O)c1ccc(COc2cccnc2)cc1-c1ccc(F)cc1Cl)C(=O)O. The third kappa shape index (κ3) is 6.69. The fraction of sp³-hybridized carbons (Fsp3) is 0.208. The van der Waals surface area contributed by atoms with Gasteiger partial charge >= 0.3 is 5.97 Å². The van der Waals surface area contributed by atoms with E-state index in [4.69, 9.17) is 16.3 Å². The second-order valence-electron chi connectivity index (χ2n) is 7.13. The maximum atomic E-state index is 13.6. The monoisotopic (exact) mass is 488 g/mol. The van der Waals surface area contributed by atoms with Gasteiger partial charge in [-0.05, 0) is 72.0 Å². The van der Waals surface area contributed by atoms with Crippen LogP contribution in [0, 0.1) is 5.82 Å². The quantitative estimate of drug-likeness (QED) is 0.415. The molecule has 1 heterocycles. The van der Waals surface area contributed by atoms with Gasteiger partial charge in [-0.15, -0.1) is 0 Å². The van der Waals surface area contributed by atoms with E-state index < -0.39 is 23.7 Å². The van der Waals surface area contributed by atoms with Crippen molar-refractivity contribution in [1.29, 1.82) is 0 Å². The molecular weight excluding hydrogens is 467 g/mol. The van der Waals surface area contributed by atoms with Crippen LogP contribution in [0.15, 0.2) is 60.9 Å². The van der Waals surface area contributed by atoms with Crippen molar-refractivity contribution in [3.8, 4) is 16.9 Å². The molecule has 0 spiro atoms. The minimum absolute atomic E-state index is 0.131. The zero-order chi connectivity index (χ0) is 23.8. The van der Waals surface area contributed by atoms with Crippen LogP contribution in [-0.4, -0.2) is 40.0 Å². The zero-order valence-corrected chi connectivity index (χ0v) is 19.3. The van der Waals surface area contributed by atoms with Gasteiger partial charge in [-0.25, -0.2) is 9.18 Å². The lowest BCUT2D eigenvalue weighted by Gasteiger charge is -2.17. The summed E-state index contributed by atoms with van der Waals surface area (Å²) >= 11 is 7.78. The molecule has 0 radical (unpaired) electrons. The molecule has 2 aromatic carbocycles. The van der Waals surface area contributed by atoms with Crippen molar-refractivity contribution < 1.29 is 23.8 Å². The minimum Gasteiger partial charge on any atom is -0.487 e. The Kier molecular flexibility index (Phi) is 8.68. The van der Waals surface area contributed by atoms with Gasteiger partial charge in [-0.2, -0.15) is 11.8 Å². The maximum absolute atomic E-state index is 13.6. The fourth-order valence-corrected chi connectivity index (χ4v) is 3.88. The largest absolute Gasteiger partial charge is 0.487 e. The summed E-state index contributed by atoms with van der Waals surface area (Å²) < 4.78 is 19.4. The topological polar surface area (TPSA) is 88.5 Å². The summed E-state index contributed by atoms with van der Waals surface area (Å²) in [7, 11) is 0. The van der Waals surface area contributed by atoms with Gasteiger partial charge in [0.25, 0.3) is 5.91 Å². The van der Waals surface area contributed by atoms with E-state index in [1.807, 2.05) is 6.26 Å². The van der Waals surface area contributed by atoms with Gasteiger partial charge in [0, 0.05) is 17.3 Å². The fourth-order valence-electron chi connectivity index (χ4n) is 3.14. The molecule has 1 atom stereocenters. The first-order valence-electron chi connectivity index (χ1n) is 10.0. The molecule has 0 saturated carbocycles. The van der Waals surface area contributed by atoms with E-state index in [1.165, 1.54) is 23.9 Å². The first kappa shape index (κ1) is 24.5. The average Bonchev–Trinajstić information content (AvgIpc) is 2.80. The van der Waals surface area contributed by atoms with Gasteiger partial charge in [0.15, 0.2) is 0 Å². The van der Waals surface area contributed by atoms with E-state index >= 15 is 0 Å². The molecule has 0 saturated heterocycles. The number of thioether (sulfide) groups is 1. The van der Waals surface area contributed by atoms with Crippen LogP contribution in [0.25, 0.3) is 11.1 Å². The number of carbonyl (C=O) groups is 2. The molecule has 2 N–H and O–H groups in total. The number of nitrogens with zero attached hydrogens (tertiary/aromatic N) is 1. The van der Waals surface area contributed by atoms with Gasteiger partial charge < -0.3 is 15.2 Å². The van der Waals surface area contributed by atoms with E-state index in [-0.39, 0.29) is 23.6 Å². The lowest BCUT2D eigenvalue weighted by molar-refractivity contribution is -0.139. The number of benzene rings is 2. The van der Waals surface area contributed by atoms with Gasteiger partial charge in [-0.3, -0.25) is 9.78 Å². The molecule has 0 aliphatic heterocycles. The number of aliphatic carboxylic acids is 1. The molecule has 0 fully saturated rings. The van der Waals surface area contributed by atoms with Crippen LogP contribution in [0.4, 0.5) is 4.39 Å². The summed E-state index contributed by atoms with van der Waals surface area (Å²) in [5.74, 6) is -1.01. The predicted molar refractivity (Wildman–Crippen MR) is 127 cm³/mol. The molecule has 9 heteroatoms. The number of amides is 1. The smallest absolute Gasteiger partial charge is 0.326 e. The van der Waals surface area contributed by atoms with Crippen molar-refractivity contribution in [3.63, 3.8) is 0 Å². The van der Waals surface area contributed by atoms with E-state index in [0.29, 0.717) is 22.6 Å². The number of aromatic nitrogens is 1. The minimum atomic E-state index is -1.11. The summed E-state index contributed by atoms with van der Waals surface area (Å²) in [6, 6.07) is 11.4. The normalized spacial score (nSPS) is 11.6. The summed E-state index contributed by atoms with van der Waals surface area (Å²) in [6.07, 6.45) is 5.37. The van der Waals surface area contributed by atoms with E-state index in [1.54, 1.807) is 42.7 Å². The molecular formula is C24H22ClFN2O4S. The average molecular weight is 489 g/mol. The standard InChI is InChI=1S/C24H22ClFN2O4S/c1-33-10-8-22(24(30)31)28-23(29)19-6-4-15(14-32-17-3-2-9-27-13-17)11-20(19)18-7-5-16(26)12-21(18)25/h2-7,9,11-13,22H,8,10,14H2,1H3,(H,28,29)(H,30,31)/t22-/m0/s1. The molecule has 0 unspecified atom stereocenters. The van der Waals surface area contributed by atoms with Crippen LogP contribution in [-0.2, 0) is 11.4 Å². The molecule has 0 aliphatic carbocycles. The first-order chi connectivity index (χ1) is 15.9. The zero-order valence-electron chi connectivity index (χ0n) is 17.8. The second-order valence-corrected chi connectivity index (χ2v) is 8.52. The summed E-state index contributed by atoms with van der Waals surface area (Å²) in [5, 5.41) is 12.2. The van der Waals surface area contributed by atoms with E-state index in [2.05, 4.69) is 10.3 Å². The van der Waals surface area contributed by atoms with Crippen LogP contribution in [0.3, 0.4) is 0 Å². The molecule has 0 aliphatic rings. The number of ether oxygens (including phenoxy) is 1. The van der Waals surface area contributed by atoms with Crippen molar-refractivity contribution in [2.24, 2.45) is 0 Å². The molecule has 1 aromatic heterocycles. The number of carboxylic acid groups (broad SMARTS) is 1. The number of rotatable bonds is 10. The van der Waals surface area contributed by atoms with Crippen LogP contribution < -0.4 is 10.1 Å². The lowest BCUT2D eigenvalue weighted by atomic mass is 9.96. The molecule has 33 heavy (non-hydrogen) atoms. The van der Waals surface area contributed by atoms with Crippen molar-refractivity contribution in [3.05, 3.63) is 82.9 Å². The van der Waals surface area contributed by atoms with Crippen molar-refractivity contribution in [2.75, 3.05) is 12.0 Å².